The standard InChI is InChI=1S/C28H32N2O4/c31-21-9-8-19-15-22-28(33)11-10-20(29-23(32)14-17-4-2-1-3-5-17)26-27(28,24(19)25(21)34-26)12-13-30(22)16-18-6-7-18/h1-5,8-9,18,20,22,26,31,33H,6-7,10-16H2,(H,29,32)/t20-,22-,26+,27+,28-/m1/s1. The van der Waals surface area contributed by atoms with Crippen molar-refractivity contribution < 1.29 is 19.7 Å². The SMILES string of the molecule is O=C(Cc1ccccc1)N[C@@H]1CC[C@@]2(O)[C@H]3Cc4ccc(O)c5c4[C@@]2(CCN3CC2CC2)[C@H]1O5. The van der Waals surface area contributed by atoms with Gasteiger partial charge in [-0.05, 0) is 68.2 Å². The number of nitrogens with zero attached hydrogens (tertiary/aromatic N) is 1. The van der Waals surface area contributed by atoms with Crippen LogP contribution in [0, 0.1) is 5.92 Å². The maximum atomic E-state index is 13.0. The van der Waals surface area contributed by atoms with E-state index in [4.69, 9.17) is 4.74 Å². The summed E-state index contributed by atoms with van der Waals surface area (Å²) in [6.07, 6.45) is 5.40. The van der Waals surface area contributed by atoms with Crippen molar-refractivity contribution >= 4 is 5.91 Å². The molecule has 0 radical (unpaired) electrons. The largest absolute Gasteiger partial charge is 0.504 e. The number of phenolic OH excluding ortho intramolecular Hbond substituents is 1. The number of carbonyl (C=O) groups excluding carboxylic acids is 1. The number of aliphatic hydroxyl groups is 1. The topological polar surface area (TPSA) is 82.0 Å². The number of benzene rings is 2. The minimum atomic E-state index is -0.919. The van der Waals surface area contributed by atoms with Gasteiger partial charge in [0.15, 0.2) is 11.5 Å². The van der Waals surface area contributed by atoms with E-state index in [1.165, 1.54) is 18.4 Å². The highest BCUT2D eigenvalue weighted by Crippen LogP contribution is 2.65. The van der Waals surface area contributed by atoms with Crippen molar-refractivity contribution in [1.29, 1.82) is 0 Å². The smallest absolute Gasteiger partial charge is 0.224 e. The van der Waals surface area contributed by atoms with E-state index in [0.717, 1.165) is 43.0 Å². The Morgan fingerprint density at radius 3 is 2.74 bits per heavy atom. The van der Waals surface area contributed by atoms with Crippen LogP contribution >= 0.6 is 0 Å². The van der Waals surface area contributed by atoms with E-state index >= 15 is 0 Å². The first-order chi connectivity index (χ1) is 16.5. The van der Waals surface area contributed by atoms with Gasteiger partial charge in [0, 0.05) is 18.2 Å². The van der Waals surface area contributed by atoms with Gasteiger partial charge in [0.25, 0.3) is 0 Å². The summed E-state index contributed by atoms with van der Waals surface area (Å²) >= 11 is 0. The molecule has 1 spiro atoms. The van der Waals surface area contributed by atoms with E-state index in [0.29, 0.717) is 25.0 Å². The fourth-order valence-corrected chi connectivity index (χ4v) is 7.67. The molecule has 6 nitrogen and oxygen atoms in total. The van der Waals surface area contributed by atoms with Crippen LogP contribution in [0.1, 0.15) is 48.8 Å². The molecule has 6 heteroatoms. The van der Waals surface area contributed by atoms with Crippen LogP contribution < -0.4 is 10.1 Å². The van der Waals surface area contributed by atoms with Crippen LogP contribution in [0.2, 0.25) is 0 Å². The molecule has 178 valence electrons. The van der Waals surface area contributed by atoms with Crippen molar-refractivity contribution in [2.45, 2.75) is 74.1 Å². The third-order valence-corrected chi connectivity index (χ3v) is 9.32. The van der Waals surface area contributed by atoms with Gasteiger partial charge in [-0.15, -0.1) is 0 Å². The summed E-state index contributed by atoms with van der Waals surface area (Å²) in [4.78, 5) is 15.5. The first-order valence-electron chi connectivity index (χ1n) is 12.8. The second-order valence-electron chi connectivity index (χ2n) is 11.2. The van der Waals surface area contributed by atoms with Gasteiger partial charge in [-0.2, -0.15) is 0 Å². The Bertz CT molecular complexity index is 1150. The van der Waals surface area contributed by atoms with E-state index in [9.17, 15) is 15.0 Å². The molecule has 2 heterocycles. The molecule has 5 atom stereocenters. The lowest BCUT2D eigenvalue weighted by Crippen LogP contribution is -2.78. The van der Waals surface area contributed by atoms with Crippen molar-refractivity contribution in [3.8, 4) is 11.5 Å². The van der Waals surface area contributed by atoms with Crippen molar-refractivity contribution in [2.24, 2.45) is 5.92 Å². The number of hydrogen-bond acceptors (Lipinski definition) is 5. The van der Waals surface area contributed by atoms with Crippen molar-refractivity contribution in [2.75, 3.05) is 13.1 Å². The Kier molecular flexibility index (Phi) is 4.41. The minimum Gasteiger partial charge on any atom is -0.504 e. The zero-order valence-electron chi connectivity index (χ0n) is 19.4. The summed E-state index contributed by atoms with van der Waals surface area (Å²) in [5, 5.41) is 26.5. The fraction of sp³-hybridized carbons (Fsp3) is 0.536. The highest BCUT2D eigenvalue weighted by Gasteiger charge is 2.73. The Balaban J connectivity index is 1.25. The molecule has 2 bridgehead atoms. The monoisotopic (exact) mass is 460 g/mol. The number of carbonyl (C=O) groups is 1. The molecule has 34 heavy (non-hydrogen) atoms. The maximum Gasteiger partial charge on any atom is 0.224 e. The summed E-state index contributed by atoms with van der Waals surface area (Å²) in [5.41, 5.74) is 1.65. The van der Waals surface area contributed by atoms with Gasteiger partial charge in [0.05, 0.1) is 23.5 Å². The molecule has 5 aliphatic rings. The second kappa shape index (κ2) is 7.22. The average molecular weight is 461 g/mol. The first-order valence-corrected chi connectivity index (χ1v) is 12.8. The third-order valence-electron chi connectivity index (χ3n) is 9.32. The van der Waals surface area contributed by atoms with E-state index in [1.54, 1.807) is 6.07 Å². The molecule has 0 unspecified atom stereocenters. The summed E-state index contributed by atoms with van der Waals surface area (Å²) < 4.78 is 6.52. The number of nitrogens with one attached hydrogen (secondary N) is 1. The lowest BCUT2D eigenvalue weighted by molar-refractivity contribution is -0.192. The fourth-order valence-electron chi connectivity index (χ4n) is 7.67. The Labute approximate surface area is 199 Å². The molecular formula is C28H32N2O4. The molecule has 7 rings (SSSR count). The van der Waals surface area contributed by atoms with Gasteiger partial charge >= 0.3 is 0 Å². The van der Waals surface area contributed by atoms with Gasteiger partial charge in [0.1, 0.15) is 6.10 Å². The van der Waals surface area contributed by atoms with E-state index < -0.39 is 11.0 Å². The number of piperidine rings is 1. The quantitative estimate of drug-likeness (QED) is 0.639. The molecule has 2 saturated carbocycles. The molecule has 2 aromatic rings. The lowest BCUT2D eigenvalue weighted by atomic mass is 9.48. The van der Waals surface area contributed by atoms with Gasteiger partial charge in [-0.3, -0.25) is 9.69 Å². The van der Waals surface area contributed by atoms with Crippen LogP contribution in [-0.2, 0) is 23.1 Å². The van der Waals surface area contributed by atoms with E-state index in [2.05, 4.69) is 10.2 Å². The number of ether oxygens (including phenoxy) is 1. The predicted molar refractivity (Wildman–Crippen MR) is 127 cm³/mol. The molecule has 3 N–H and O–H groups in total. The summed E-state index contributed by atoms with van der Waals surface area (Å²) in [7, 11) is 0. The van der Waals surface area contributed by atoms with Crippen LogP contribution in [0.5, 0.6) is 11.5 Å². The number of hydrogen-bond donors (Lipinski definition) is 3. The van der Waals surface area contributed by atoms with Crippen LogP contribution in [0.15, 0.2) is 42.5 Å². The van der Waals surface area contributed by atoms with Gasteiger partial charge in [-0.25, -0.2) is 0 Å². The maximum absolute atomic E-state index is 13.0. The Hall–Kier alpha value is -2.57. The summed E-state index contributed by atoms with van der Waals surface area (Å²) in [5.74, 6) is 1.40. The minimum absolute atomic E-state index is 0.0272. The zero-order chi connectivity index (χ0) is 23.1. The summed E-state index contributed by atoms with van der Waals surface area (Å²) in [6, 6.07) is 13.4. The molecule has 0 aromatic heterocycles. The van der Waals surface area contributed by atoms with Crippen molar-refractivity contribution in [1.82, 2.24) is 10.2 Å². The molecular weight excluding hydrogens is 428 g/mol. The third kappa shape index (κ3) is 2.78. The zero-order valence-corrected chi connectivity index (χ0v) is 19.4. The van der Waals surface area contributed by atoms with Crippen LogP contribution in [0.4, 0.5) is 0 Å². The van der Waals surface area contributed by atoms with Gasteiger partial charge in [0.2, 0.25) is 5.91 Å². The molecule has 3 aliphatic carbocycles. The second-order valence-corrected chi connectivity index (χ2v) is 11.2. The van der Waals surface area contributed by atoms with Crippen LogP contribution in [-0.4, -0.2) is 57.9 Å². The molecule has 2 aromatic carbocycles. The van der Waals surface area contributed by atoms with Crippen molar-refractivity contribution in [3.05, 3.63) is 59.2 Å². The number of aromatic hydroxyl groups is 1. The highest BCUT2D eigenvalue weighted by molar-refractivity contribution is 5.79. The number of likely N-dealkylation sites (tertiary alicyclic amines) is 1. The number of rotatable bonds is 5. The van der Waals surface area contributed by atoms with Crippen LogP contribution in [0.3, 0.4) is 0 Å². The van der Waals surface area contributed by atoms with E-state index in [-0.39, 0.29) is 29.8 Å². The van der Waals surface area contributed by atoms with E-state index in [1.807, 2.05) is 36.4 Å². The highest BCUT2D eigenvalue weighted by atomic mass is 16.5. The Morgan fingerprint density at radius 2 is 1.94 bits per heavy atom. The molecule has 1 amide bonds. The first kappa shape index (κ1) is 20.8. The molecule has 2 aliphatic heterocycles. The van der Waals surface area contributed by atoms with Gasteiger partial charge in [-0.1, -0.05) is 36.4 Å². The van der Waals surface area contributed by atoms with Crippen molar-refractivity contribution in [3.63, 3.8) is 0 Å². The predicted octanol–water partition coefficient (Wildman–Crippen LogP) is 2.68. The number of phenols is 1. The normalized spacial score (nSPS) is 35.4. The van der Waals surface area contributed by atoms with Gasteiger partial charge < -0.3 is 20.3 Å². The molecule has 3 fully saturated rings. The summed E-state index contributed by atoms with van der Waals surface area (Å²) in [6.45, 7) is 1.98. The molecule has 1 saturated heterocycles. The van der Waals surface area contributed by atoms with Crippen LogP contribution in [0.25, 0.3) is 0 Å². The average Bonchev–Trinajstić information content (AvgIpc) is 3.56. The Morgan fingerprint density at radius 1 is 1.12 bits per heavy atom. The lowest BCUT2D eigenvalue weighted by Gasteiger charge is -2.64. The number of amides is 1.